The molecule has 3 nitrogen and oxygen atoms in total. The Balaban J connectivity index is 2.05. The van der Waals surface area contributed by atoms with Crippen LogP contribution in [0.3, 0.4) is 0 Å². The zero-order valence-corrected chi connectivity index (χ0v) is 10.6. The summed E-state index contributed by atoms with van der Waals surface area (Å²) in [5, 5.41) is 13.2. The van der Waals surface area contributed by atoms with Crippen LogP contribution in [0.5, 0.6) is 0 Å². The van der Waals surface area contributed by atoms with Crippen LogP contribution in [0.1, 0.15) is 18.4 Å². The van der Waals surface area contributed by atoms with E-state index in [1.54, 1.807) is 18.2 Å². The van der Waals surface area contributed by atoms with E-state index in [2.05, 4.69) is 5.32 Å². The predicted octanol–water partition coefficient (Wildman–Crippen LogP) is 2.74. The molecule has 1 saturated heterocycles. The molecule has 1 aromatic rings. The van der Waals surface area contributed by atoms with Crippen molar-refractivity contribution >= 4 is 29.2 Å². The standard InChI is InChI=1S/C12H13Cl2NO2/c13-9-2-1-3-10(14)8(9)6-7-4-5-11(15-7)12(16)17/h1-3,7,11,15H,4-6H2,(H,16,17). The van der Waals surface area contributed by atoms with Crippen LogP contribution in [-0.2, 0) is 11.2 Å². The third-order valence-corrected chi connectivity index (χ3v) is 3.76. The average Bonchev–Trinajstić information content (AvgIpc) is 2.72. The van der Waals surface area contributed by atoms with Crippen LogP contribution < -0.4 is 5.32 Å². The van der Waals surface area contributed by atoms with Gasteiger partial charge in [0, 0.05) is 16.1 Å². The Kier molecular flexibility index (Phi) is 3.92. The van der Waals surface area contributed by atoms with E-state index in [-0.39, 0.29) is 6.04 Å². The van der Waals surface area contributed by atoms with Gasteiger partial charge in [0.05, 0.1) is 0 Å². The zero-order chi connectivity index (χ0) is 12.4. The van der Waals surface area contributed by atoms with E-state index in [0.717, 1.165) is 12.0 Å². The largest absolute Gasteiger partial charge is 0.480 e. The van der Waals surface area contributed by atoms with Crippen molar-refractivity contribution in [3.8, 4) is 0 Å². The molecule has 1 aliphatic rings. The Labute approximate surface area is 110 Å². The molecule has 17 heavy (non-hydrogen) atoms. The highest BCUT2D eigenvalue weighted by Gasteiger charge is 2.29. The maximum absolute atomic E-state index is 10.8. The first-order valence-electron chi connectivity index (χ1n) is 5.49. The van der Waals surface area contributed by atoms with Crippen molar-refractivity contribution in [2.24, 2.45) is 0 Å². The van der Waals surface area contributed by atoms with E-state index < -0.39 is 12.0 Å². The summed E-state index contributed by atoms with van der Waals surface area (Å²) in [4.78, 5) is 10.8. The lowest BCUT2D eigenvalue weighted by atomic mass is 10.0. The highest BCUT2D eigenvalue weighted by Crippen LogP contribution is 2.27. The molecule has 0 bridgehead atoms. The SMILES string of the molecule is O=C(O)C1CCC(Cc2c(Cl)cccc2Cl)N1. The molecule has 0 saturated carbocycles. The van der Waals surface area contributed by atoms with Crippen LogP contribution in [0, 0.1) is 0 Å². The van der Waals surface area contributed by atoms with Gasteiger partial charge in [0.2, 0.25) is 0 Å². The van der Waals surface area contributed by atoms with Gasteiger partial charge in [0.25, 0.3) is 0 Å². The molecule has 0 amide bonds. The molecule has 1 heterocycles. The molecule has 2 N–H and O–H groups in total. The summed E-state index contributed by atoms with van der Waals surface area (Å²) >= 11 is 12.2. The van der Waals surface area contributed by atoms with Crippen molar-refractivity contribution in [2.75, 3.05) is 0 Å². The molecule has 1 fully saturated rings. The van der Waals surface area contributed by atoms with Crippen molar-refractivity contribution < 1.29 is 9.90 Å². The van der Waals surface area contributed by atoms with E-state index in [1.165, 1.54) is 0 Å². The van der Waals surface area contributed by atoms with Crippen molar-refractivity contribution in [2.45, 2.75) is 31.3 Å². The van der Waals surface area contributed by atoms with Crippen molar-refractivity contribution in [1.82, 2.24) is 5.32 Å². The second kappa shape index (κ2) is 5.25. The summed E-state index contributed by atoms with van der Waals surface area (Å²) < 4.78 is 0. The van der Waals surface area contributed by atoms with Gasteiger partial charge in [-0.05, 0) is 37.0 Å². The van der Waals surface area contributed by atoms with Gasteiger partial charge in [-0.3, -0.25) is 4.79 Å². The van der Waals surface area contributed by atoms with Gasteiger partial charge >= 0.3 is 5.97 Å². The van der Waals surface area contributed by atoms with E-state index in [1.807, 2.05) is 0 Å². The molecule has 92 valence electrons. The van der Waals surface area contributed by atoms with Crippen LogP contribution in [0.2, 0.25) is 10.0 Å². The Morgan fingerprint density at radius 3 is 2.53 bits per heavy atom. The lowest BCUT2D eigenvalue weighted by Crippen LogP contribution is -2.36. The summed E-state index contributed by atoms with van der Waals surface area (Å²) in [6.07, 6.45) is 2.16. The Hall–Kier alpha value is -0.770. The fraction of sp³-hybridized carbons (Fsp3) is 0.417. The van der Waals surface area contributed by atoms with Gasteiger partial charge in [0.15, 0.2) is 0 Å². The van der Waals surface area contributed by atoms with Crippen molar-refractivity contribution in [1.29, 1.82) is 0 Å². The first-order chi connectivity index (χ1) is 8.08. The number of aliphatic carboxylic acids is 1. The van der Waals surface area contributed by atoms with Crippen LogP contribution in [0.4, 0.5) is 0 Å². The normalized spacial score (nSPS) is 23.9. The molecule has 1 aliphatic heterocycles. The Bertz CT molecular complexity index is 416. The predicted molar refractivity (Wildman–Crippen MR) is 67.7 cm³/mol. The zero-order valence-electron chi connectivity index (χ0n) is 9.12. The number of carboxylic acid groups (broad SMARTS) is 1. The minimum Gasteiger partial charge on any atom is -0.480 e. The third-order valence-electron chi connectivity index (χ3n) is 3.05. The van der Waals surface area contributed by atoms with Gasteiger partial charge in [-0.15, -0.1) is 0 Å². The number of hydrogen-bond acceptors (Lipinski definition) is 2. The molecule has 5 heteroatoms. The molecule has 0 aromatic heterocycles. The number of hydrogen-bond donors (Lipinski definition) is 2. The molecule has 0 aliphatic carbocycles. The quantitative estimate of drug-likeness (QED) is 0.891. The number of carbonyl (C=O) groups is 1. The minimum atomic E-state index is -0.794. The highest BCUT2D eigenvalue weighted by molar-refractivity contribution is 6.36. The second-order valence-electron chi connectivity index (χ2n) is 4.24. The molecule has 2 rings (SSSR count). The number of benzene rings is 1. The number of carboxylic acids is 1. The molecule has 2 unspecified atom stereocenters. The second-order valence-corrected chi connectivity index (χ2v) is 5.05. The molecule has 1 aromatic carbocycles. The monoisotopic (exact) mass is 273 g/mol. The molecule has 2 atom stereocenters. The average molecular weight is 274 g/mol. The van der Waals surface area contributed by atoms with Gasteiger partial charge < -0.3 is 10.4 Å². The summed E-state index contributed by atoms with van der Waals surface area (Å²) in [5.41, 5.74) is 0.888. The molecular formula is C12H13Cl2NO2. The van der Waals surface area contributed by atoms with Crippen LogP contribution in [0.15, 0.2) is 18.2 Å². The van der Waals surface area contributed by atoms with Gasteiger partial charge in [-0.2, -0.15) is 0 Å². The lowest BCUT2D eigenvalue weighted by Gasteiger charge is -2.14. The van der Waals surface area contributed by atoms with E-state index in [9.17, 15) is 4.79 Å². The van der Waals surface area contributed by atoms with E-state index in [0.29, 0.717) is 22.9 Å². The van der Waals surface area contributed by atoms with Gasteiger partial charge in [-0.25, -0.2) is 0 Å². The van der Waals surface area contributed by atoms with Crippen molar-refractivity contribution in [3.63, 3.8) is 0 Å². The van der Waals surface area contributed by atoms with Gasteiger partial charge in [-0.1, -0.05) is 29.3 Å². The fourth-order valence-corrected chi connectivity index (χ4v) is 2.70. The lowest BCUT2D eigenvalue weighted by molar-refractivity contribution is -0.139. The van der Waals surface area contributed by atoms with Crippen molar-refractivity contribution in [3.05, 3.63) is 33.8 Å². The van der Waals surface area contributed by atoms with Crippen LogP contribution in [-0.4, -0.2) is 23.2 Å². The summed E-state index contributed by atoms with van der Waals surface area (Å²) in [6, 6.07) is 5.09. The molecule has 0 spiro atoms. The third kappa shape index (κ3) is 2.92. The maximum atomic E-state index is 10.8. The number of nitrogens with one attached hydrogen (secondary N) is 1. The Morgan fingerprint density at radius 2 is 2.00 bits per heavy atom. The van der Waals surface area contributed by atoms with Gasteiger partial charge in [0.1, 0.15) is 6.04 Å². The summed E-state index contributed by atoms with van der Waals surface area (Å²) in [7, 11) is 0. The number of halogens is 2. The van der Waals surface area contributed by atoms with E-state index >= 15 is 0 Å². The Morgan fingerprint density at radius 1 is 1.35 bits per heavy atom. The minimum absolute atomic E-state index is 0.133. The topological polar surface area (TPSA) is 49.3 Å². The number of rotatable bonds is 3. The fourth-order valence-electron chi connectivity index (χ4n) is 2.15. The van der Waals surface area contributed by atoms with Crippen LogP contribution >= 0.6 is 23.2 Å². The first kappa shape index (κ1) is 12.7. The first-order valence-corrected chi connectivity index (χ1v) is 6.25. The van der Waals surface area contributed by atoms with E-state index in [4.69, 9.17) is 28.3 Å². The summed E-state index contributed by atoms with van der Waals surface area (Å²) in [6.45, 7) is 0. The molecule has 0 radical (unpaired) electrons. The maximum Gasteiger partial charge on any atom is 0.320 e. The molecular weight excluding hydrogens is 261 g/mol. The van der Waals surface area contributed by atoms with Crippen LogP contribution in [0.25, 0.3) is 0 Å². The smallest absolute Gasteiger partial charge is 0.320 e. The highest BCUT2D eigenvalue weighted by atomic mass is 35.5. The summed E-state index contributed by atoms with van der Waals surface area (Å²) in [5.74, 6) is -0.794.